The van der Waals surface area contributed by atoms with Gasteiger partial charge in [0.05, 0.1) is 26.9 Å². The number of imidazole rings is 1. The van der Waals surface area contributed by atoms with Gasteiger partial charge in [0.1, 0.15) is 5.82 Å². The minimum atomic E-state index is -4.77. The molecule has 1 aliphatic heterocycles. The van der Waals surface area contributed by atoms with E-state index < -0.39 is 31.7 Å². The summed E-state index contributed by atoms with van der Waals surface area (Å²) >= 11 is 5.60. The summed E-state index contributed by atoms with van der Waals surface area (Å²) in [6.45, 7) is 0.848. The van der Waals surface area contributed by atoms with Gasteiger partial charge in [0.15, 0.2) is 0 Å². The Balaban J connectivity index is 1.71. The lowest BCUT2D eigenvalue weighted by Crippen LogP contribution is -2.15. The first kappa shape index (κ1) is 20.7. The van der Waals surface area contributed by atoms with E-state index in [1.807, 2.05) is 10.8 Å². The fraction of sp³-hybridized carbons (Fsp3) is 0.250. The van der Waals surface area contributed by atoms with Crippen LogP contribution in [0.25, 0.3) is 11.3 Å². The second-order valence-corrected chi connectivity index (χ2v) is 9.07. The zero-order valence-electron chi connectivity index (χ0n) is 15.6. The van der Waals surface area contributed by atoms with Gasteiger partial charge < -0.3 is 4.57 Å². The van der Waals surface area contributed by atoms with Crippen molar-refractivity contribution in [1.29, 1.82) is 0 Å². The van der Waals surface area contributed by atoms with Crippen molar-refractivity contribution in [2.45, 2.75) is 36.9 Å². The van der Waals surface area contributed by atoms with E-state index in [0.717, 1.165) is 43.8 Å². The highest BCUT2D eigenvalue weighted by atomic mass is 35.5. The Morgan fingerprint density at radius 2 is 1.87 bits per heavy atom. The number of fused-ring (bicyclic) bond motifs is 1. The molecule has 0 aliphatic carbocycles. The topological polar surface area (TPSA) is 64.0 Å². The number of anilines is 1. The number of hydrogen-bond acceptors (Lipinski definition) is 3. The molecule has 3 aromatic rings. The van der Waals surface area contributed by atoms with Crippen molar-refractivity contribution in [2.24, 2.45) is 0 Å². The molecule has 0 saturated carbocycles. The van der Waals surface area contributed by atoms with Gasteiger partial charge in [-0.1, -0.05) is 29.8 Å². The highest BCUT2D eigenvalue weighted by Gasteiger charge is 2.34. The van der Waals surface area contributed by atoms with Crippen molar-refractivity contribution < 1.29 is 21.6 Å². The lowest BCUT2D eigenvalue weighted by molar-refractivity contribution is -0.137. The minimum Gasteiger partial charge on any atom is -0.334 e. The molecule has 0 saturated heterocycles. The Kier molecular flexibility index (Phi) is 5.27. The minimum absolute atomic E-state index is 0.233. The van der Waals surface area contributed by atoms with Gasteiger partial charge in [-0.05, 0) is 37.1 Å². The van der Waals surface area contributed by atoms with E-state index in [4.69, 9.17) is 11.6 Å². The number of alkyl halides is 3. The molecule has 0 unspecified atom stereocenters. The first-order valence-corrected chi connectivity index (χ1v) is 11.1. The summed E-state index contributed by atoms with van der Waals surface area (Å²) in [5.74, 6) is 0.932. The second kappa shape index (κ2) is 7.63. The van der Waals surface area contributed by atoms with Crippen LogP contribution < -0.4 is 4.72 Å². The molecule has 10 heteroatoms. The summed E-state index contributed by atoms with van der Waals surface area (Å²) in [6.07, 6.45) is 0.0403. The van der Waals surface area contributed by atoms with Crippen LogP contribution in [0.1, 0.15) is 24.2 Å². The van der Waals surface area contributed by atoms with Crippen LogP contribution in [0.2, 0.25) is 5.02 Å². The van der Waals surface area contributed by atoms with Gasteiger partial charge in [0, 0.05) is 24.7 Å². The SMILES string of the molecule is O=S(=O)(Nc1ccccc1-c1cn2c(n1)CCCC2)c1ccc(Cl)c(C(F)(F)F)c1. The summed E-state index contributed by atoms with van der Waals surface area (Å²) in [5.41, 5.74) is 0.184. The highest BCUT2D eigenvalue weighted by molar-refractivity contribution is 7.92. The van der Waals surface area contributed by atoms with E-state index in [9.17, 15) is 21.6 Å². The molecular formula is C20H17ClF3N3O2S. The molecule has 2 heterocycles. The summed E-state index contributed by atoms with van der Waals surface area (Å²) in [7, 11) is -4.29. The van der Waals surface area contributed by atoms with Gasteiger partial charge in [-0.3, -0.25) is 4.72 Å². The van der Waals surface area contributed by atoms with Crippen LogP contribution >= 0.6 is 11.6 Å². The van der Waals surface area contributed by atoms with Crippen LogP contribution in [-0.2, 0) is 29.2 Å². The van der Waals surface area contributed by atoms with Crippen LogP contribution in [0.4, 0.5) is 18.9 Å². The Morgan fingerprint density at radius 3 is 2.60 bits per heavy atom. The third-order valence-electron chi connectivity index (χ3n) is 4.91. The summed E-state index contributed by atoms with van der Waals surface area (Å²) in [6, 6.07) is 9.14. The summed E-state index contributed by atoms with van der Waals surface area (Å²) < 4.78 is 69.5. The van der Waals surface area contributed by atoms with Crippen molar-refractivity contribution in [3.8, 4) is 11.3 Å². The Hall–Kier alpha value is -2.52. The number of aromatic nitrogens is 2. The average Bonchev–Trinajstić information content (AvgIpc) is 3.11. The number of halogens is 4. The Morgan fingerprint density at radius 1 is 1.10 bits per heavy atom. The first-order chi connectivity index (χ1) is 14.1. The average molecular weight is 456 g/mol. The summed E-state index contributed by atoms with van der Waals surface area (Å²) in [4.78, 5) is 4.07. The predicted molar refractivity (Wildman–Crippen MR) is 108 cm³/mol. The smallest absolute Gasteiger partial charge is 0.334 e. The number of nitrogens with one attached hydrogen (secondary N) is 1. The van der Waals surface area contributed by atoms with Crippen LogP contribution in [0.5, 0.6) is 0 Å². The normalized spacial score (nSPS) is 14.4. The Bertz CT molecular complexity index is 1180. The molecule has 1 aliphatic rings. The van der Waals surface area contributed by atoms with E-state index in [-0.39, 0.29) is 5.69 Å². The molecule has 0 spiro atoms. The fourth-order valence-corrected chi connectivity index (χ4v) is 4.76. The molecule has 0 fully saturated rings. The number of hydrogen-bond donors (Lipinski definition) is 1. The van der Waals surface area contributed by atoms with E-state index in [1.54, 1.807) is 24.3 Å². The molecule has 5 nitrogen and oxygen atoms in total. The van der Waals surface area contributed by atoms with E-state index in [1.165, 1.54) is 0 Å². The van der Waals surface area contributed by atoms with Crippen LogP contribution in [0, 0.1) is 0 Å². The van der Waals surface area contributed by atoms with Crippen molar-refractivity contribution >= 4 is 27.3 Å². The third-order valence-corrected chi connectivity index (χ3v) is 6.60. The van der Waals surface area contributed by atoms with Gasteiger partial charge in [0.2, 0.25) is 0 Å². The highest BCUT2D eigenvalue weighted by Crippen LogP contribution is 2.37. The molecule has 0 radical (unpaired) electrons. The summed E-state index contributed by atoms with van der Waals surface area (Å²) in [5, 5.41) is -0.564. The molecule has 0 atom stereocenters. The fourth-order valence-electron chi connectivity index (χ4n) is 3.43. The maximum atomic E-state index is 13.1. The standard InChI is InChI=1S/C20H17ClF3N3O2S/c21-16-9-8-13(11-15(16)20(22,23)24)30(28,29)26-17-6-2-1-5-14(17)18-12-27-10-4-3-7-19(27)25-18/h1-2,5-6,8-9,11-12,26H,3-4,7,10H2. The molecule has 30 heavy (non-hydrogen) atoms. The van der Waals surface area contributed by atoms with Gasteiger partial charge in [-0.25, -0.2) is 13.4 Å². The zero-order chi connectivity index (χ0) is 21.5. The van der Waals surface area contributed by atoms with Crippen LogP contribution in [0.3, 0.4) is 0 Å². The Labute approximate surface area is 176 Å². The molecule has 0 bridgehead atoms. The lowest BCUT2D eigenvalue weighted by Gasteiger charge is -2.14. The molecular weight excluding hydrogens is 439 g/mol. The third kappa shape index (κ3) is 4.04. The van der Waals surface area contributed by atoms with Crippen LogP contribution in [-0.4, -0.2) is 18.0 Å². The lowest BCUT2D eigenvalue weighted by atomic mass is 10.1. The number of sulfonamides is 1. The maximum Gasteiger partial charge on any atom is 0.417 e. The first-order valence-electron chi connectivity index (χ1n) is 9.20. The van der Waals surface area contributed by atoms with Crippen LogP contribution in [0.15, 0.2) is 53.6 Å². The largest absolute Gasteiger partial charge is 0.417 e. The number of rotatable bonds is 4. The van der Waals surface area contributed by atoms with Gasteiger partial charge in [-0.2, -0.15) is 13.2 Å². The molecule has 0 amide bonds. The van der Waals surface area contributed by atoms with Gasteiger partial charge in [0.25, 0.3) is 10.0 Å². The molecule has 2 aromatic carbocycles. The number of nitrogens with zero attached hydrogens (tertiary/aromatic N) is 2. The molecule has 1 N–H and O–H groups in total. The van der Waals surface area contributed by atoms with Gasteiger partial charge in [-0.15, -0.1) is 0 Å². The number of aryl methyl sites for hydroxylation is 2. The van der Waals surface area contributed by atoms with Crippen molar-refractivity contribution in [3.05, 3.63) is 65.1 Å². The van der Waals surface area contributed by atoms with Crippen molar-refractivity contribution in [1.82, 2.24) is 9.55 Å². The second-order valence-electron chi connectivity index (χ2n) is 6.98. The zero-order valence-corrected chi connectivity index (χ0v) is 17.2. The van der Waals surface area contributed by atoms with Crippen molar-refractivity contribution in [2.75, 3.05) is 4.72 Å². The number of para-hydroxylation sites is 1. The monoisotopic (exact) mass is 455 g/mol. The molecule has 158 valence electrons. The quantitative estimate of drug-likeness (QED) is 0.576. The molecule has 1 aromatic heterocycles. The number of benzene rings is 2. The van der Waals surface area contributed by atoms with E-state index in [0.29, 0.717) is 17.3 Å². The van der Waals surface area contributed by atoms with E-state index in [2.05, 4.69) is 9.71 Å². The maximum absolute atomic E-state index is 13.1. The van der Waals surface area contributed by atoms with Gasteiger partial charge >= 0.3 is 6.18 Å². The predicted octanol–water partition coefficient (Wildman–Crippen LogP) is 5.36. The molecule has 4 rings (SSSR count). The van der Waals surface area contributed by atoms with Crippen molar-refractivity contribution in [3.63, 3.8) is 0 Å². The van der Waals surface area contributed by atoms with E-state index >= 15 is 0 Å².